The topological polar surface area (TPSA) is 114 Å². The summed E-state index contributed by atoms with van der Waals surface area (Å²) in [7, 11) is 0. The van der Waals surface area contributed by atoms with Crippen molar-refractivity contribution in [3.8, 4) is 33.6 Å². The molecule has 0 unspecified atom stereocenters. The van der Waals surface area contributed by atoms with E-state index in [4.69, 9.17) is 9.97 Å². The van der Waals surface area contributed by atoms with Crippen LogP contribution in [0.3, 0.4) is 0 Å². The Labute approximate surface area is 326 Å². The molecule has 5 heterocycles. The highest BCUT2D eigenvalue weighted by molar-refractivity contribution is 7.07. The van der Waals surface area contributed by atoms with Gasteiger partial charge in [-0.2, -0.15) is 0 Å². The van der Waals surface area contributed by atoms with Gasteiger partial charge in [-0.1, -0.05) is 92.7 Å². The van der Waals surface area contributed by atoms with Crippen LogP contribution in [0, 0.1) is 6.42 Å². The van der Waals surface area contributed by atoms with Gasteiger partial charge >= 0.3 is 0 Å². The van der Waals surface area contributed by atoms with Crippen molar-refractivity contribution in [1.82, 2.24) is 39.6 Å². The molecule has 2 N–H and O–H groups in total. The summed E-state index contributed by atoms with van der Waals surface area (Å²) in [6, 6.07) is 26.7. The fraction of sp³-hybridized carbons (Fsp3) is 0.318. The SMILES string of the molecule is CCN(CC)[C@@H](C(=O)N1CCC[C@H]1c1ncc(-c2ccc(-c3ccc(-c4cnc([C@@H]5CCCN5C(=O)[CH]Cc5cscn5)[nH]4)cc3)cc2)[nH]1)c1ccccc1. The van der Waals surface area contributed by atoms with Crippen LogP contribution in [0.5, 0.6) is 0 Å². The highest BCUT2D eigenvalue weighted by atomic mass is 32.1. The number of hydrogen-bond acceptors (Lipinski definition) is 7. The maximum absolute atomic E-state index is 14.2. The van der Waals surface area contributed by atoms with E-state index in [9.17, 15) is 9.59 Å². The molecule has 2 aliphatic heterocycles. The number of benzene rings is 3. The molecule has 10 nitrogen and oxygen atoms in total. The van der Waals surface area contributed by atoms with Crippen molar-refractivity contribution >= 4 is 23.2 Å². The smallest absolute Gasteiger partial charge is 0.245 e. The molecule has 55 heavy (non-hydrogen) atoms. The molecule has 3 aromatic carbocycles. The summed E-state index contributed by atoms with van der Waals surface area (Å²) >= 11 is 1.54. The van der Waals surface area contributed by atoms with Crippen LogP contribution in [0.25, 0.3) is 33.6 Å². The van der Waals surface area contributed by atoms with E-state index < -0.39 is 0 Å². The lowest BCUT2D eigenvalue weighted by atomic mass is 10.0. The molecule has 0 spiro atoms. The lowest BCUT2D eigenvalue weighted by Gasteiger charge is -2.34. The Balaban J connectivity index is 0.917. The molecule has 2 aliphatic rings. The van der Waals surface area contributed by atoms with Crippen molar-refractivity contribution in [3.05, 3.63) is 131 Å². The molecule has 6 aromatic rings. The second-order valence-electron chi connectivity index (χ2n) is 14.3. The Morgan fingerprint density at radius 2 is 1.31 bits per heavy atom. The third-order valence-electron chi connectivity index (χ3n) is 11.1. The number of amides is 2. The van der Waals surface area contributed by atoms with Crippen LogP contribution < -0.4 is 0 Å². The minimum absolute atomic E-state index is 0.0346. The summed E-state index contributed by atoms with van der Waals surface area (Å²) in [6.45, 7) is 7.30. The largest absolute Gasteiger partial charge is 0.340 e. The Morgan fingerprint density at radius 1 is 0.764 bits per heavy atom. The molecule has 1 radical (unpaired) electrons. The normalized spacial score (nSPS) is 17.7. The van der Waals surface area contributed by atoms with E-state index in [2.05, 4.69) is 94.4 Å². The minimum Gasteiger partial charge on any atom is -0.340 e. The Kier molecular flexibility index (Phi) is 11.0. The molecule has 0 aliphatic carbocycles. The lowest BCUT2D eigenvalue weighted by Crippen LogP contribution is -2.43. The van der Waals surface area contributed by atoms with Crippen LogP contribution in [0.1, 0.15) is 80.6 Å². The predicted octanol–water partition coefficient (Wildman–Crippen LogP) is 8.45. The number of nitrogens with zero attached hydrogens (tertiary/aromatic N) is 6. The van der Waals surface area contributed by atoms with E-state index >= 15 is 0 Å². The number of carbonyl (C=O) groups is 2. The van der Waals surface area contributed by atoms with Crippen molar-refractivity contribution in [2.24, 2.45) is 0 Å². The van der Waals surface area contributed by atoms with Crippen molar-refractivity contribution in [1.29, 1.82) is 0 Å². The molecule has 11 heteroatoms. The van der Waals surface area contributed by atoms with Crippen LogP contribution in [0.2, 0.25) is 0 Å². The standard InChI is InChI=1S/C44H47N8O2S/c1-3-50(4-2)41(34-10-6-5-7-11-34)44(54)52-25-9-13-39(52)43-46-27-37(49-43)33-20-16-31(17-21-33)30-14-18-32(19-15-30)36-26-45-42(48-36)38-12-8-24-51(38)40(53)23-22-35-28-55-29-47-35/h5-7,10-11,14-21,23,26-29,38-39,41H,3-4,8-9,12-13,22,24-25H2,1-2H3,(H,45,48)(H,46,49)/t38-,39-,41+/m0/s1. The number of hydrogen-bond donors (Lipinski definition) is 2. The van der Waals surface area contributed by atoms with Gasteiger partial charge < -0.3 is 19.8 Å². The van der Waals surface area contributed by atoms with Gasteiger partial charge in [0.1, 0.15) is 17.7 Å². The van der Waals surface area contributed by atoms with Gasteiger partial charge in [-0.05, 0) is 66.6 Å². The Morgan fingerprint density at radius 3 is 1.85 bits per heavy atom. The monoisotopic (exact) mass is 751 g/mol. The first kappa shape index (κ1) is 36.6. The summed E-state index contributed by atoms with van der Waals surface area (Å²) in [5.74, 6) is 1.84. The van der Waals surface area contributed by atoms with Crippen molar-refractivity contribution < 1.29 is 9.59 Å². The first-order valence-electron chi connectivity index (χ1n) is 19.4. The number of nitrogens with one attached hydrogen (secondary N) is 2. The van der Waals surface area contributed by atoms with Crippen molar-refractivity contribution in [2.75, 3.05) is 26.2 Å². The third kappa shape index (κ3) is 7.77. The number of aromatic nitrogens is 5. The van der Waals surface area contributed by atoms with Crippen molar-refractivity contribution in [2.45, 2.75) is 64.1 Å². The van der Waals surface area contributed by atoms with E-state index in [-0.39, 0.29) is 29.9 Å². The summed E-state index contributed by atoms with van der Waals surface area (Å²) in [5, 5.41) is 1.98. The fourth-order valence-electron chi connectivity index (χ4n) is 8.16. The van der Waals surface area contributed by atoms with Gasteiger partial charge in [0, 0.05) is 24.9 Å². The van der Waals surface area contributed by atoms with Gasteiger partial charge in [0.05, 0.1) is 53.5 Å². The number of likely N-dealkylation sites (N-methyl/N-ethyl adjacent to an activating group) is 1. The third-order valence-corrected chi connectivity index (χ3v) is 11.8. The molecule has 3 aromatic heterocycles. The van der Waals surface area contributed by atoms with E-state index in [0.717, 1.165) is 108 Å². The first-order chi connectivity index (χ1) is 27.0. The van der Waals surface area contributed by atoms with E-state index in [1.807, 2.05) is 45.8 Å². The number of imidazole rings is 2. The molecule has 3 atom stereocenters. The Hall–Kier alpha value is -5.39. The first-order valence-corrected chi connectivity index (χ1v) is 20.4. The molecule has 0 bridgehead atoms. The molecule has 0 saturated carbocycles. The second-order valence-corrected chi connectivity index (χ2v) is 15.0. The second kappa shape index (κ2) is 16.5. The molecule has 2 saturated heterocycles. The number of likely N-dealkylation sites (tertiary alicyclic amines) is 2. The molecule has 2 fully saturated rings. The number of H-pyrrole nitrogens is 2. The van der Waals surface area contributed by atoms with Crippen LogP contribution in [-0.4, -0.2) is 77.6 Å². The highest BCUT2D eigenvalue weighted by Crippen LogP contribution is 2.36. The summed E-state index contributed by atoms with van der Waals surface area (Å²) in [4.78, 5) is 54.3. The van der Waals surface area contributed by atoms with E-state index in [1.54, 1.807) is 23.3 Å². The van der Waals surface area contributed by atoms with Crippen LogP contribution >= 0.6 is 11.3 Å². The number of carbonyl (C=O) groups excluding carboxylic acids is 2. The fourth-order valence-corrected chi connectivity index (χ4v) is 8.73. The van der Waals surface area contributed by atoms with Crippen molar-refractivity contribution in [3.63, 3.8) is 0 Å². The van der Waals surface area contributed by atoms with Gasteiger partial charge in [0.25, 0.3) is 0 Å². The number of rotatable bonds is 13. The average molecular weight is 752 g/mol. The summed E-state index contributed by atoms with van der Waals surface area (Å²) in [6.07, 6.45) is 9.73. The maximum atomic E-state index is 14.2. The highest BCUT2D eigenvalue weighted by Gasteiger charge is 2.38. The summed E-state index contributed by atoms with van der Waals surface area (Å²) < 4.78 is 0. The molecule has 281 valence electrons. The minimum atomic E-state index is -0.312. The summed E-state index contributed by atoms with van der Waals surface area (Å²) in [5.41, 5.74) is 9.94. The predicted molar refractivity (Wildman–Crippen MR) is 217 cm³/mol. The number of aromatic amines is 2. The van der Waals surface area contributed by atoms with Gasteiger partial charge in [0.15, 0.2) is 0 Å². The van der Waals surface area contributed by atoms with Gasteiger partial charge in [0.2, 0.25) is 11.8 Å². The van der Waals surface area contributed by atoms with Gasteiger partial charge in [-0.15, -0.1) is 11.3 Å². The van der Waals surface area contributed by atoms with Crippen LogP contribution in [0.15, 0.2) is 102 Å². The van der Waals surface area contributed by atoms with E-state index in [0.29, 0.717) is 6.42 Å². The zero-order valence-corrected chi connectivity index (χ0v) is 32.2. The molecular weight excluding hydrogens is 705 g/mol. The molecule has 8 rings (SSSR count). The van der Waals surface area contributed by atoms with Crippen LogP contribution in [0.4, 0.5) is 0 Å². The number of thiazole rings is 1. The maximum Gasteiger partial charge on any atom is 0.245 e. The van der Waals surface area contributed by atoms with Crippen LogP contribution in [-0.2, 0) is 16.0 Å². The zero-order valence-electron chi connectivity index (χ0n) is 31.4. The van der Waals surface area contributed by atoms with E-state index in [1.165, 1.54) is 0 Å². The quantitative estimate of drug-likeness (QED) is 0.123. The zero-order chi connectivity index (χ0) is 37.7. The molecule has 2 amide bonds. The average Bonchev–Trinajstić information content (AvgIpc) is 4.09. The molecular formula is C44H47N8O2S. The Bertz CT molecular complexity index is 2170. The lowest BCUT2D eigenvalue weighted by molar-refractivity contribution is -0.138. The van der Waals surface area contributed by atoms with Gasteiger partial charge in [-0.3, -0.25) is 14.5 Å². The van der Waals surface area contributed by atoms with Gasteiger partial charge in [-0.25, -0.2) is 15.0 Å².